The topological polar surface area (TPSA) is 35.8 Å². The maximum atomic E-state index is 9.13. The second-order valence-corrected chi connectivity index (χ2v) is 6.09. The molecule has 102 valence electrons. The zero-order valence-electron chi connectivity index (χ0n) is 10.6. The number of rotatable bonds is 3. The largest absolute Gasteiger partial charge is 0.377 e. The van der Waals surface area contributed by atoms with Crippen LogP contribution in [0.25, 0.3) is 0 Å². The number of halogens is 3. The second-order valence-electron chi connectivity index (χ2n) is 4.33. The van der Waals surface area contributed by atoms with E-state index in [0.29, 0.717) is 15.6 Å². The van der Waals surface area contributed by atoms with E-state index in [2.05, 4.69) is 27.3 Å². The lowest BCUT2D eigenvalue weighted by atomic mass is 10.1. The first-order valence-electron chi connectivity index (χ1n) is 5.92. The zero-order valence-corrected chi connectivity index (χ0v) is 13.7. The maximum Gasteiger partial charge on any atom is 0.101 e. The fraction of sp³-hybridized carbons (Fsp3) is 0.133. The molecular weight excluding hydrogens is 359 g/mol. The molecule has 0 spiro atoms. The van der Waals surface area contributed by atoms with Crippen molar-refractivity contribution < 1.29 is 0 Å². The second kappa shape index (κ2) is 6.49. The molecule has 0 fully saturated rings. The minimum absolute atomic E-state index is 0.0406. The molecule has 0 amide bonds. The first-order valence-corrected chi connectivity index (χ1v) is 7.47. The summed E-state index contributed by atoms with van der Waals surface area (Å²) in [6.07, 6.45) is 0. The number of anilines is 1. The smallest absolute Gasteiger partial charge is 0.101 e. The van der Waals surface area contributed by atoms with Crippen molar-refractivity contribution in [2.75, 3.05) is 5.32 Å². The highest BCUT2D eigenvalue weighted by Crippen LogP contribution is 2.30. The Morgan fingerprint density at radius 2 is 1.95 bits per heavy atom. The molecule has 1 N–H and O–H groups in total. The van der Waals surface area contributed by atoms with Gasteiger partial charge in [0.2, 0.25) is 0 Å². The van der Waals surface area contributed by atoms with Crippen LogP contribution in [0, 0.1) is 11.3 Å². The highest BCUT2D eigenvalue weighted by atomic mass is 79.9. The molecule has 0 aromatic heterocycles. The first kappa shape index (κ1) is 15.2. The molecule has 2 nitrogen and oxygen atoms in total. The van der Waals surface area contributed by atoms with Crippen LogP contribution in [0.3, 0.4) is 0 Å². The molecule has 0 heterocycles. The van der Waals surface area contributed by atoms with Crippen LogP contribution in [0.15, 0.2) is 40.9 Å². The van der Waals surface area contributed by atoms with Gasteiger partial charge in [-0.2, -0.15) is 5.26 Å². The van der Waals surface area contributed by atoms with Crippen LogP contribution in [0.4, 0.5) is 5.69 Å². The van der Waals surface area contributed by atoms with E-state index in [1.807, 2.05) is 25.1 Å². The predicted octanol–water partition coefficient (Wildman–Crippen LogP) is 5.80. The Labute approximate surface area is 136 Å². The van der Waals surface area contributed by atoms with Crippen molar-refractivity contribution in [3.63, 3.8) is 0 Å². The predicted molar refractivity (Wildman–Crippen MR) is 87.4 cm³/mol. The van der Waals surface area contributed by atoms with Crippen molar-refractivity contribution >= 4 is 44.8 Å². The normalized spacial score (nSPS) is 11.8. The molecule has 2 rings (SSSR count). The van der Waals surface area contributed by atoms with Gasteiger partial charge in [-0.1, -0.05) is 45.2 Å². The lowest BCUT2D eigenvalue weighted by Crippen LogP contribution is -2.08. The summed E-state index contributed by atoms with van der Waals surface area (Å²) < 4.78 is 0.911. The standard InChI is InChI=1S/C15H11BrCl2N2/c1-9(13-5-4-12(17)7-14(13)18)20-15-6-11(16)3-2-10(15)8-19/h2-7,9,20H,1H3. The van der Waals surface area contributed by atoms with Gasteiger partial charge in [-0.3, -0.25) is 0 Å². The van der Waals surface area contributed by atoms with Crippen LogP contribution < -0.4 is 5.32 Å². The van der Waals surface area contributed by atoms with E-state index in [1.165, 1.54) is 0 Å². The van der Waals surface area contributed by atoms with E-state index >= 15 is 0 Å². The molecule has 1 atom stereocenters. The van der Waals surface area contributed by atoms with Gasteiger partial charge in [0, 0.05) is 14.5 Å². The van der Waals surface area contributed by atoms with Crippen molar-refractivity contribution in [3.05, 3.63) is 62.0 Å². The highest BCUT2D eigenvalue weighted by molar-refractivity contribution is 9.10. The Morgan fingerprint density at radius 3 is 2.60 bits per heavy atom. The third kappa shape index (κ3) is 3.46. The van der Waals surface area contributed by atoms with Gasteiger partial charge >= 0.3 is 0 Å². The molecule has 1 unspecified atom stereocenters. The van der Waals surface area contributed by atoms with Gasteiger partial charge in [0.1, 0.15) is 6.07 Å². The van der Waals surface area contributed by atoms with Crippen molar-refractivity contribution in [1.82, 2.24) is 0 Å². The Hall–Kier alpha value is -1.21. The summed E-state index contributed by atoms with van der Waals surface area (Å²) in [6, 6.07) is 13.0. The Morgan fingerprint density at radius 1 is 1.20 bits per heavy atom. The molecule has 0 aliphatic rings. The SMILES string of the molecule is CC(Nc1cc(Br)ccc1C#N)c1ccc(Cl)cc1Cl. The quantitative estimate of drug-likeness (QED) is 0.741. The number of hydrogen-bond acceptors (Lipinski definition) is 2. The molecule has 5 heteroatoms. The number of nitrogens with one attached hydrogen (secondary N) is 1. The molecule has 2 aromatic rings. The summed E-state index contributed by atoms with van der Waals surface area (Å²) in [5, 5.41) is 13.6. The van der Waals surface area contributed by atoms with Crippen LogP contribution in [0.5, 0.6) is 0 Å². The van der Waals surface area contributed by atoms with Crippen LogP contribution >= 0.6 is 39.1 Å². The lowest BCUT2D eigenvalue weighted by Gasteiger charge is -2.18. The first-order chi connectivity index (χ1) is 9.51. The fourth-order valence-corrected chi connectivity index (χ4v) is 2.83. The van der Waals surface area contributed by atoms with Crippen molar-refractivity contribution in [3.8, 4) is 6.07 Å². The summed E-state index contributed by atoms with van der Waals surface area (Å²) >= 11 is 15.5. The van der Waals surface area contributed by atoms with Gasteiger partial charge in [-0.25, -0.2) is 0 Å². The minimum Gasteiger partial charge on any atom is -0.377 e. The van der Waals surface area contributed by atoms with Crippen LogP contribution in [0.2, 0.25) is 10.0 Å². The van der Waals surface area contributed by atoms with Gasteiger partial charge in [0.25, 0.3) is 0 Å². The zero-order chi connectivity index (χ0) is 14.7. The average Bonchev–Trinajstić information content (AvgIpc) is 2.38. The summed E-state index contributed by atoms with van der Waals surface area (Å²) in [4.78, 5) is 0. The van der Waals surface area contributed by atoms with Gasteiger partial charge < -0.3 is 5.32 Å². The van der Waals surface area contributed by atoms with E-state index in [0.717, 1.165) is 15.7 Å². The van der Waals surface area contributed by atoms with E-state index in [-0.39, 0.29) is 6.04 Å². The summed E-state index contributed by atoms with van der Waals surface area (Å²) in [5.74, 6) is 0. The van der Waals surface area contributed by atoms with Crippen LogP contribution in [-0.2, 0) is 0 Å². The van der Waals surface area contributed by atoms with Crippen molar-refractivity contribution in [1.29, 1.82) is 5.26 Å². The molecule has 20 heavy (non-hydrogen) atoms. The van der Waals surface area contributed by atoms with E-state index in [1.54, 1.807) is 18.2 Å². The molecule has 0 saturated carbocycles. The Bertz CT molecular complexity index is 680. The van der Waals surface area contributed by atoms with Crippen LogP contribution in [-0.4, -0.2) is 0 Å². The Kier molecular flexibility index (Phi) is 4.93. The average molecular weight is 370 g/mol. The molecule has 0 aliphatic heterocycles. The molecule has 2 aromatic carbocycles. The number of nitriles is 1. The minimum atomic E-state index is -0.0406. The number of hydrogen-bond donors (Lipinski definition) is 1. The van der Waals surface area contributed by atoms with Gasteiger partial charge in [0.15, 0.2) is 0 Å². The molecular formula is C15H11BrCl2N2. The van der Waals surface area contributed by atoms with E-state index < -0.39 is 0 Å². The lowest BCUT2D eigenvalue weighted by molar-refractivity contribution is 0.884. The third-order valence-corrected chi connectivity index (χ3v) is 3.96. The summed E-state index contributed by atoms with van der Waals surface area (Å²) in [5.41, 5.74) is 2.28. The Balaban J connectivity index is 2.30. The van der Waals surface area contributed by atoms with E-state index in [4.69, 9.17) is 28.5 Å². The summed E-state index contributed by atoms with van der Waals surface area (Å²) in [7, 11) is 0. The monoisotopic (exact) mass is 368 g/mol. The number of benzene rings is 2. The van der Waals surface area contributed by atoms with Gasteiger partial charge in [-0.15, -0.1) is 0 Å². The van der Waals surface area contributed by atoms with E-state index in [9.17, 15) is 0 Å². The maximum absolute atomic E-state index is 9.13. The molecule has 0 saturated heterocycles. The van der Waals surface area contributed by atoms with Gasteiger partial charge in [0.05, 0.1) is 17.3 Å². The third-order valence-electron chi connectivity index (χ3n) is 2.90. The van der Waals surface area contributed by atoms with Gasteiger partial charge in [-0.05, 0) is 42.8 Å². The number of nitrogens with zero attached hydrogens (tertiary/aromatic N) is 1. The molecule has 0 aliphatic carbocycles. The molecule has 0 bridgehead atoms. The highest BCUT2D eigenvalue weighted by Gasteiger charge is 2.12. The van der Waals surface area contributed by atoms with Crippen molar-refractivity contribution in [2.24, 2.45) is 0 Å². The van der Waals surface area contributed by atoms with Crippen LogP contribution in [0.1, 0.15) is 24.1 Å². The molecule has 0 radical (unpaired) electrons. The summed E-state index contributed by atoms with van der Waals surface area (Å²) in [6.45, 7) is 1.98. The van der Waals surface area contributed by atoms with Crippen molar-refractivity contribution in [2.45, 2.75) is 13.0 Å². The fourth-order valence-electron chi connectivity index (χ4n) is 1.90.